The molecule has 10 heteroatoms. The van der Waals surface area contributed by atoms with Crippen LogP contribution in [-0.4, -0.2) is 29.2 Å². The summed E-state index contributed by atoms with van der Waals surface area (Å²) >= 11 is 4.54. The number of rotatable bonds is 7. The zero-order chi connectivity index (χ0) is 19.1. The third-order valence-corrected chi connectivity index (χ3v) is 4.48. The molecule has 0 aliphatic heterocycles. The molecule has 0 aliphatic rings. The number of nitrogens with zero attached hydrogens (tertiary/aromatic N) is 1. The Balaban J connectivity index is 1.81. The molecule has 0 saturated heterocycles. The molecule has 2 aromatic rings. The van der Waals surface area contributed by atoms with E-state index in [9.17, 15) is 24.1 Å². The minimum absolute atomic E-state index is 0.0000816. The molecule has 0 radical (unpaired) electrons. The van der Waals surface area contributed by atoms with Crippen LogP contribution in [0.4, 0.5) is 15.8 Å². The summed E-state index contributed by atoms with van der Waals surface area (Å²) in [7, 11) is 0. The molecule has 2 rings (SSSR count). The molecule has 0 saturated carbocycles. The number of non-ortho nitro benzene ring substituents is 1. The van der Waals surface area contributed by atoms with Gasteiger partial charge >= 0.3 is 5.97 Å². The molecule has 0 fully saturated rings. The summed E-state index contributed by atoms with van der Waals surface area (Å²) < 4.78 is 19.3. The number of nitro groups is 1. The first-order chi connectivity index (χ1) is 12.3. The highest BCUT2D eigenvalue weighted by molar-refractivity contribution is 9.10. The van der Waals surface area contributed by atoms with Gasteiger partial charge in [0.15, 0.2) is 6.61 Å². The molecule has 0 bridgehead atoms. The van der Waals surface area contributed by atoms with E-state index in [1.165, 1.54) is 11.8 Å². The molecule has 136 valence electrons. The average molecular weight is 443 g/mol. The number of hydrogen-bond donors (Lipinski definition) is 1. The molecule has 0 heterocycles. The Morgan fingerprint density at radius 3 is 2.58 bits per heavy atom. The number of nitro benzene ring substituents is 1. The number of benzene rings is 2. The van der Waals surface area contributed by atoms with Crippen LogP contribution in [0.5, 0.6) is 0 Å². The minimum atomic E-state index is -0.832. The van der Waals surface area contributed by atoms with Crippen LogP contribution in [0, 0.1) is 15.9 Å². The Labute approximate surface area is 160 Å². The van der Waals surface area contributed by atoms with Crippen molar-refractivity contribution >= 4 is 50.9 Å². The van der Waals surface area contributed by atoms with Crippen LogP contribution in [0.2, 0.25) is 0 Å². The summed E-state index contributed by atoms with van der Waals surface area (Å²) in [5.74, 6) is -2.25. The lowest BCUT2D eigenvalue weighted by Gasteiger charge is -2.07. The van der Waals surface area contributed by atoms with Crippen LogP contribution in [0.25, 0.3) is 0 Å². The highest BCUT2D eigenvalue weighted by Crippen LogP contribution is 2.22. The molecular formula is C16H12BrFN2O5S. The Bertz CT molecular complexity index is 832. The second kappa shape index (κ2) is 9.30. The molecule has 0 spiro atoms. The fourth-order valence-corrected chi connectivity index (χ4v) is 2.73. The number of ether oxygens (including phenoxy) is 1. The van der Waals surface area contributed by atoms with Gasteiger partial charge in [-0.3, -0.25) is 19.7 Å². The zero-order valence-corrected chi connectivity index (χ0v) is 15.5. The monoisotopic (exact) mass is 442 g/mol. The second-order valence-electron chi connectivity index (χ2n) is 4.87. The molecular weight excluding hydrogens is 431 g/mol. The summed E-state index contributed by atoms with van der Waals surface area (Å²) in [6.45, 7) is -0.623. The van der Waals surface area contributed by atoms with Crippen molar-refractivity contribution in [3.05, 3.63) is 62.9 Å². The normalized spacial score (nSPS) is 10.2. The lowest BCUT2D eigenvalue weighted by molar-refractivity contribution is -0.384. The lowest BCUT2D eigenvalue weighted by Crippen LogP contribution is -2.22. The summed E-state index contributed by atoms with van der Waals surface area (Å²) in [5, 5.41) is 12.8. The van der Waals surface area contributed by atoms with Gasteiger partial charge in [-0.25, -0.2) is 4.39 Å². The van der Waals surface area contributed by atoms with E-state index in [2.05, 4.69) is 21.2 Å². The SMILES string of the molecule is O=C(COC(=O)CSc1ccc(Br)cc1)Nc1cc([N+](=O)[O-])ccc1F. The molecule has 0 unspecified atom stereocenters. The van der Waals surface area contributed by atoms with Crippen LogP contribution in [0.1, 0.15) is 0 Å². The highest BCUT2D eigenvalue weighted by atomic mass is 79.9. The molecule has 1 N–H and O–H groups in total. The quantitative estimate of drug-likeness (QED) is 0.303. The first kappa shape index (κ1) is 19.9. The Hall–Kier alpha value is -2.46. The Kier molecular flexibility index (Phi) is 7.10. The second-order valence-corrected chi connectivity index (χ2v) is 6.84. The van der Waals surface area contributed by atoms with Crippen molar-refractivity contribution in [2.75, 3.05) is 17.7 Å². The predicted molar refractivity (Wildman–Crippen MR) is 97.5 cm³/mol. The van der Waals surface area contributed by atoms with Crippen molar-refractivity contribution in [2.45, 2.75) is 4.90 Å². The number of amides is 1. The third kappa shape index (κ3) is 6.12. The smallest absolute Gasteiger partial charge is 0.316 e. The number of carbonyl (C=O) groups is 2. The van der Waals surface area contributed by atoms with Gasteiger partial charge in [-0.15, -0.1) is 11.8 Å². The first-order valence-corrected chi connectivity index (χ1v) is 8.91. The maximum atomic E-state index is 13.6. The van der Waals surface area contributed by atoms with Crippen molar-refractivity contribution in [3.63, 3.8) is 0 Å². The van der Waals surface area contributed by atoms with Gasteiger partial charge in [-0.2, -0.15) is 0 Å². The Morgan fingerprint density at radius 1 is 1.23 bits per heavy atom. The van der Waals surface area contributed by atoms with Gasteiger partial charge < -0.3 is 10.1 Å². The summed E-state index contributed by atoms with van der Waals surface area (Å²) in [6.07, 6.45) is 0. The average Bonchev–Trinajstić information content (AvgIpc) is 2.61. The van der Waals surface area contributed by atoms with Crippen molar-refractivity contribution < 1.29 is 23.6 Å². The molecule has 26 heavy (non-hydrogen) atoms. The fourth-order valence-electron chi connectivity index (χ4n) is 1.77. The van der Waals surface area contributed by atoms with E-state index >= 15 is 0 Å². The number of thioether (sulfide) groups is 1. The maximum absolute atomic E-state index is 13.6. The largest absolute Gasteiger partial charge is 0.455 e. The van der Waals surface area contributed by atoms with Crippen LogP contribution in [0.15, 0.2) is 51.8 Å². The lowest BCUT2D eigenvalue weighted by atomic mass is 10.2. The highest BCUT2D eigenvalue weighted by Gasteiger charge is 2.14. The number of halogens is 2. The van der Waals surface area contributed by atoms with E-state index in [0.717, 1.165) is 27.6 Å². The van der Waals surface area contributed by atoms with E-state index in [1.807, 2.05) is 24.3 Å². The standard InChI is InChI=1S/C16H12BrFN2O5S/c17-10-1-4-12(5-2-10)26-9-16(22)25-8-15(21)19-14-7-11(20(23)24)3-6-13(14)18/h1-7H,8-9H2,(H,19,21). The third-order valence-electron chi connectivity index (χ3n) is 2.97. The molecule has 0 aliphatic carbocycles. The molecule has 7 nitrogen and oxygen atoms in total. The molecule has 2 aromatic carbocycles. The van der Waals surface area contributed by atoms with Crippen LogP contribution >= 0.6 is 27.7 Å². The number of carbonyl (C=O) groups excluding carboxylic acids is 2. The van der Waals surface area contributed by atoms with Gasteiger partial charge in [0.05, 0.1) is 16.4 Å². The van der Waals surface area contributed by atoms with Crippen LogP contribution < -0.4 is 5.32 Å². The van der Waals surface area contributed by atoms with Gasteiger partial charge in [0.25, 0.3) is 11.6 Å². The van der Waals surface area contributed by atoms with Gasteiger partial charge in [0.1, 0.15) is 5.82 Å². The van der Waals surface area contributed by atoms with E-state index < -0.39 is 29.2 Å². The van der Waals surface area contributed by atoms with Crippen molar-refractivity contribution in [1.29, 1.82) is 0 Å². The summed E-state index contributed by atoms with van der Waals surface area (Å²) in [6, 6.07) is 10.0. The van der Waals surface area contributed by atoms with Crippen molar-refractivity contribution in [1.82, 2.24) is 0 Å². The van der Waals surface area contributed by atoms with Gasteiger partial charge in [0.2, 0.25) is 0 Å². The number of nitrogens with one attached hydrogen (secondary N) is 1. The van der Waals surface area contributed by atoms with E-state index in [1.54, 1.807) is 0 Å². The fraction of sp³-hybridized carbons (Fsp3) is 0.125. The summed E-state index contributed by atoms with van der Waals surface area (Å²) in [5.41, 5.74) is -0.728. The van der Waals surface area contributed by atoms with Crippen LogP contribution in [-0.2, 0) is 14.3 Å². The van der Waals surface area contributed by atoms with Gasteiger partial charge in [0, 0.05) is 21.5 Å². The number of esters is 1. The number of anilines is 1. The van der Waals surface area contributed by atoms with E-state index in [-0.39, 0.29) is 17.1 Å². The van der Waals surface area contributed by atoms with Crippen molar-refractivity contribution in [2.24, 2.45) is 0 Å². The zero-order valence-electron chi connectivity index (χ0n) is 13.1. The van der Waals surface area contributed by atoms with Gasteiger partial charge in [-0.05, 0) is 30.3 Å². The van der Waals surface area contributed by atoms with Gasteiger partial charge in [-0.1, -0.05) is 15.9 Å². The topological polar surface area (TPSA) is 98.5 Å². The minimum Gasteiger partial charge on any atom is -0.455 e. The van der Waals surface area contributed by atoms with E-state index in [0.29, 0.717) is 0 Å². The first-order valence-electron chi connectivity index (χ1n) is 7.13. The maximum Gasteiger partial charge on any atom is 0.316 e. The molecule has 0 atom stereocenters. The van der Waals surface area contributed by atoms with Crippen molar-refractivity contribution in [3.8, 4) is 0 Å². The molecule has 1 amide bonds. The van der Waals surface area contributed by atoms with E-state index in [4.69, 9.17) is 4.74 Å². The Morgan fingerprint density at radius 2 is 1.92 bits per heavy atom. The predicted octanol–water partition coefficient (Wildman–Crippen LogP) is 3.77. The number of hydrogen-bond acceptors (Lipinski definition) is 6. The van der Waals surface area contributed by atoms with Crippen LogP contribution in [0.3, 0.4) is 0 Å². The summed E-state index contributed by atoms with van der Waals surface area (Å²) in [4.78, 5) is 34.2. The molecule has 0 aromatic heterocycles.